The molecular weight excluding hydrogens is 361 g/mol. The topological polar surface area (TPSA) is 83.5 Å². The zero-order chi connectivity index (χ0) is 19.7. The van der Waals surface area contributed by atoms with Crippen molar-refractivity contribution in [1.82, 2.24) is 20.6 Å². The Labute approximate surface area is 155 Å². The second kappa shape index (κ2) is 9.60. The maximum Gasteiger partial charge on any atom is 0.433 e. The Bertz CT molecular complexity index is 766. The van der Waals surface area contributed by atoms with Gasteiger partial charge in [0.1, 0.15) is 11.4 Å². The van der Waals surface area contributed by atoms with Crippen LogP contribution in [0, 0.1) is 0 Å². The van der Waals surface area contributed by atoms with Crippen LogP contribution in [0.5, 0.6) is 5.75 Å². The van der Waals surface area contributed by atoms with E-state index in [-0.39, 0.29) is 5.95 Å². The van der Waals surface area contributed by atoms with E-state index in [0.29, 0.717) is 25.6 Å². The number of aromatic nitrogens is 2. The van der Waals surface area contributed by atoms with Crippen LogP contribution in [0.1, 0.15) is 11.3 Å². The molecule has 10 heteroatoms. The number of methoxy groups -OCH3 is 1. The minimum absolute atomic E-state index is 0.0778. The van der Waals surface area contributed by atoms with Crippen molar-refractivity contribution in [3.05, 3.63) is 47.8 Å². The van der Waals surface area contributed by atoms with Crippen molar-refractivity contribution in [2.45, 2.75) is 12.7 Å². The van der Waals surface area contributed by atoms with E-state index in [4.69, 9.17) is 4.74 Å². The molecule has 0 amide bonds. The van der Waals surface area contributed by atoms with E-state index in [1.807, 2.05) is 24.3 Å². The Hall–Kier alpha value is -3.04. The molecule has 0 atom stereocenters. The Morgan fingerprint density at radius 2 is 2.00 bits per heavy atom. The summed E-state index contributed by atoms with van der Waals surface area (Å²) in [6.45, 7) is 1.28. The van der Waals surface area contributed by atoms with E-state index in [9.17, 15) is 13.2 Å². The van der Waals surface area contributed by atoms with Crippen molar-refractivity contribution >= 4 is 11.9 Å². The summed E-state index contributed by atoms with van der Waals surface area (Å²) in [4.78, 5) is 11.3. The first kappa shape index (κ1) is 20.3. The van der Waals surface area contributed by atoms with Crippen molar-refractivity contribution < 1.29 is 17.9 Å². The van der Waals surface area contributed by atoms with Crippen molar-refractivity contribution in [2.24, 2.45) is 4.99 Å². The lowest BCUT2D eigenvalue weighted by molar-refractivity contribution is -0.141. The molecule has 0 aliphatic carbocycles. The molecule has 1 aromatic heterocycles. The van der Waals surface area contributed by atoms with Gasteiger partial charge in [0, 0.05) is 32.9 Å². The van der Waals surface area contributed by atoms with Gasteiger partial charge in [-0.15, -0.1) is 0 Å². The number of ether oxygens (including phenoxy) is 1. The van der Waals surface area contributed by atoms with E-state index in [0.717, 1.165) is 23.6 Å². The molecule has 0 aliphatic heterocycles. The second-order valence-electron chi connectivity index (χ2n) is 5.39. The van der Waals surface area contributed by atoms with E-state index in [1.165, 1.54) is 0 Å². The van der Waals surface area contributed by atoms with Crippen molar-refractivity contribution in [1.29, 1.82) is 0 Å². The molecule has 0 fully saturated rings. The molecule has 0 unspecified atom stereocenters. The fourth-order valence-corrected chi connectivity index (χ4v) is 2.15. The van der Waals surface area contributed by atoms with Crippen molar-refractivity contribution in [3.8, 4) is 5.75 Å². The number of hydrogen-bond donors (Lipinski definition) is 3. The summed E-state index contributed by atoms with van der Waals surface area (Å²) in [6, 6.07) is 8.44. The molecular formula is C17H21F3N6O. The largest absolute Gasteiger partial charge is 0.497 e. The average Bonchev–Trinajstić information content (AvgIpc) is 2.67. The number of alkyl halides is 3. The molecule has 2 aromatic rings. The van der Waals surface area contributed by atoms with E-state index in [1.54, 1.807) is 14.2 Å². The number of guanidine groups is 1. The Balaban J connectivity index is 1.76. The molecule has 0 spiro atoms. The minimum Gasteiger partial charge on any atom is -0.497 e. The van der Waals surface area contributed by atoms with Crippen LogP contribution in [0.25, 0.3) is 0 Å². The molecule has 2 rings (SSSR count). The summed E-state index contributed by atoms with van der Waals surface area (Å²) in [5.74, 6) is 1.25. The van der Waals surface area contributed by atoms with Crippen molar-refractivity contribution in [2.75, 3.05) is 32.6 Å². The zero-order valence-electron chi connectivity index (χ0n) is 15.0. The molecule has 0 aliphatic rings. The summed E-state index contributed by atoms with van der Waals surface area (Å²) >= 11 is 0. The van der Waals surface area contributed by atoms with Crippen LogP contribution in [-0.2, 0) is 12.7 Å². The second-order valence-corrected chi connectivity index (χ2v) is 5.39. The van der Waals surface area contributed by atoms with Gasteiger partial charge in [-0.25, -0.2) is 9.97 Å². The quantitative estimate of drug-likeness (QED) is 0.387. The third kappa shape index (κ3) is 6.65. The van der Waals surface area contributed by atoms with Gasteiger partial charge < -0.3 is 20.7 Å². The van der Waals surface area contributed by atoms with Gasteiger partial charge in [0.2, 0.25) is 5.95 Å². The molecule has 146 valence electrons. The van der Waals surface area contributed by atoms with Gasteiger partial charge in [0.15, 0.2) is 5.96 Å². The average molecular weight is 382 g/mol. The lowest BCUT2D eigenvalue weighted by atomic mass is 10.2. The first-order valence-electron chi connectivity index (χ1n) is 8.14. The zero-order valence-corrected chi connectivity index (χ0v) is 15.0. The van der Waals surface area contributed by atoms with Crippen LogP contribution >= 0.6 is 0 Å². The summed E-state index contributed by atoms with van der Waals surface area (Å²) in [7, 11) is 3.23. The first-order chi connectivity index (χ1) is 12.9. The Morgan fingerprint density at radius 3 is 2.70 bits per heavy atom. The number of anilines is 1. The SMILES string of the molecule is CN=C(NCCNc1nccc(C(F)(F)F)n1)NCc1cccc(OC)c1. The van der Waals surface area contributed by atoms with Gasteiger partial charge in [-0.1, -0.05) is 12.1 Å². The lowest BCUT2D eigenvalue weighted by Crippen LogP contribution is -2.39. The molecule has 0 bridgehead atoms. The van der Waals surface area contributed by atoms with Crippen LogP contribution in [-0.4, -0.2) is 43.2 Å². The van der Waals surface area contributed by atoms with E-state index >= 15 is 0 Å². The molecule has 0 saturated heterocycles. The standard InChI is InChI=1S/C17H21F3N6O/c1-21-15(25-11-12-4-3-5-13(10-12)27-2)23-8-9-24-16-22-7-6-14(26-16)17(18,19)20/h3-7,10H,8-9,11H2,1-2H3,(H2,21,23,25)(H,22,24,26). The van der Waals surface area contributed by atoms with Crippen LogP contribution in [0.3, 0.4) is 0 Å². The van der Waals surface area contributed by atoms with Gasteiger partial charge in [0.05, 0.1) is 7.11 Å². The molecule has 7 nitrogen and oxygen atoms in total. The number of nitrogens with zero attached hydrogens (tertiary/aromatic N) is 3. The molecule has 0 radical (unpaired) electrons. The van der Waals surface area contributed by atoms with Gasteiger partial charge in [-0.05, 0) is 23.8 Å². The van der Waals surface area contributed by atoms with E-state index in [2.05, 4.69) is 30.9 Å². The van der Waals surface area contributed by atoms with Crippen LogP contribution in [0.15, 0.2) is 41.5 Å². The lowest BCUT2D eigenvalue weighted by Gasteiger charge is -2.13. The smallest absolute Gasteiger partial charge is 0.433 e. The minimum atomic E-state index is -4.50. The Kier molecular flexibility index (Phi) is 7.21. The third-order valence-corrected chi connectivity index (χ3v) is 3.46. The maximum atomic E-state index is 12.6. The van der Waals surface area contributed by atoms with Crippen molar-refractivity contribution in [3.63, 3.8) is 0 Å². The normalized spacial score (nSPS) is 11.8. The number of hydrogen-bond acceptors (Lipinski definition) is 5. The molecule has 1 aromatic carbocycles. The summed E-state index contributed by atoms with van der Waals surface area (Å²) < 4.78 is 43.0. The summed E-state index contributed by atoms with van der Waals surface area (Å²) in [5, 5.41) is 8.93. The number of benzene rings is 1. The molecule has 1 heterocycles. The highest BCUT2D eigenvalue weighted by Crippen LogP contribution is 2.27. The first-order valence-corrected chi connectivity index (χ1v) is 8.14. The highest BCUT2D eigenvalue weighted by Gasteiger charge is 2.32. The number of rotatable bonds is 7. The summed E-state index contributed by atoms with van der Waals surface area (Å²) in [5.41, 5.74) is 0.0384. The monoisotopic (exact) mass is 382 g/mol. The van der Waals surface area contributed by atoms with Crippen LogP contribution in [0.4, 0.5) is 19.1 Å². The van der Waals surface area contributed by atoms with Gasteiger partial charge in [0.25, 0.3) is 0 Å². The highest BCUT2D eigenvalue weighted by molar-refractivity contribution is 5.79. The fraction of sp³-hybridized carbons (Fsp3) is 0.353. The number of aliphatic imine (C=N–C) groups is 1. The fourth-order valence-electron chi connectivity index (χ4n) is 2.15. The van der Waals surface area contributed by atoms with Gasteiger partial charge in [-0.3, -0.25) is 4.99 Å². The van der Waals surface area contributed by atoms with Crippen LogP contribution in [0.2, 0.25) is 0 Å². The predicted molar refractivity (Wildman–Crippen MR) is 96.7 cm³/mol. The predicted octanol–water partition coefficient (Wildman–Crippen LogP) is 2.28. The summed E-state index contributed by atoms with van der Waals surface area (Å²) in [6.07, 6.45) is -3.43. The molecule has 0 saturated carbocycles. The van der Waals surface area contributed by atoms with Crippen LogP contribution < -0.4 is 20.7 Å². The van der Waals surface area contributed by atoms with E-state index < -0.39 is 11.9 Å². The molecule has 27 heavy (non-hydrogen) atoms. The van der Waals surface area contributed by atoms with Gasteiger partial charge >= 0.3 is 6.18 Å². The maximum absolute atomic E-state index is 12.6. The van der Waals surface area contributed by atoms with Gasteiger partial charge in [-0.2, -0.15) is 13.2 Å². The third-order valence-electron chi connectivity index (χ3n) is 3.46. The Morgan fingerprint density at radius 1 is 1.19 bits per heavy atom. The highest BCUT2D eigenvalue weighted by atomic mass is 19.4. The number of nitrogens with one attached hydrogen (secondary N) is 3. The number of halogens is 3. The molecule has 3 N–H and O–H groups in total.